The lowest BCUT2D eigenvalue weighted by Crippen LogP contribution is -2.36. The van der Waals surface area contributed by atoms with Gasteiger partial charge in [0.2, 0.25) is 5.91 Å². The van der Waals surface area contributed by atoms with Crippen LogP contribution >= 0.6 is 0 Å². The van der Waals surface area contributed by atoms with Crippen LogP contribution < -0.4 is 4.90 Å². The van der Waals surface area contributed by atoms with Crippen molar-refractivity contribution in [3.05, 3.63) is 64.7 Å². The van der Waals surface area contributed by atoms with E-state index < -0.39 is 0 Å². The Hall–Kier alpha value is -3.28. The second-order valence-electron chi connectivity index (χ2n) is 6.75. The molecule has 27 heavy (non-hydrogen) atoms. The largest absolute Gasteiger partial charge is 0.312 e. The smallest absolute Gasteiger partial charge is 0.261 e. The Morgan fingerprint density at radius 2 is 1.67 bits per heavy atom. The van der Waals surface area contributed by atoms with E-state index in [4.69, 9.17) is 0 Å². The molecule has 0 aliphatic carbocycles. The highest BCUT2D eigenvalue weighted by atomic mass is 16.2. The van der Waals surface area contributed by atoms with Gasteiger partial charge in [-0.2, -0.15) is 0 Å². The standard InChI is InChI=1S/C21H18N2O4/c1-13(24)14-6-7-18-15(12-14)8-10-22(18)19(25)9-11-23-20(26)16-4-2-3-5-17(16)21(23)27/h2-7,12H,8-11H2,1H3. The Bertz CT molecular complexity index is 960. The van der Waals surface area contributed by atoms with Crippen LogP contribution in [0.25, 0.3) is 0 Å². The SMILES string of the molecule is CC(=O)c1ccc2c(c1)CCN2C(=O)CCN1C(=O)c2ccccc2C1=O. The maximum Gasteiger partial charge on any atom is 0.261 e. The van der Waals surface area contributed by atoms with Gasteiger partial charge in [-0.25, -0.2) is 0 Å². The van der Waals surface area contributed by atoms with Gasteiger partial charge in [0.05, 0.1) is 11.1 Å². The number of hydrogen-bond donors (Lipinski definition) is 0. The molecule has 0 saturated heterocycles. The molecule has 0 bridgehead atoms. The van der Waals surface area contributed by atoms with E-state index in [1.807, 2.05) is 6.07 Å². The van der Waals surface area contributed by atoms with Gasteiger partial charge < -0.3 is 4.90 Å². The molecule has 0 unspecified atom stereocenters. The lowest BCUT2D eigenvalue weighted by molar-refractivity contribution is -0.118. The summed E-state index contributed by atoms with van der Waals surface area (Å²) < 4.78 is 0. The fourth-order valence-corrected chi connectivity index (χ4v) is 3.66. The summed E-state index contributed by atoms with van der Waals surface area (Å²) in [5.41, 5.74) is 3.18. The summed E-state index contributed by atoms with van der Waals surface area (Å²) in [6.07, 6.45) is 0.759. The number of Topliss-reactive ketones (excluding diaryl/α,β-unsaturated/α-hetero) is 1. The number of amides is 3. The average Bonchev–Trinajstić information content (AvgIpc) is 3.20. The third-order valence-corrected chi connectivity index (χ3v) is 5.11. The van der Waals surface area contributed by atoms with Gasteiger partial charge in [0.25, 0.3) is 11.8 Å². The Labute approximate surface area is 156 Å². The maximum absolute atomic E-state index is 12.7. The molecule has 2 aromatic rings. The van der Waals surface area contributed by atoms with Crippen LogP contribution in [0.1, 0.15) is 50.0 Å². The number of rotatable bonds is 4. The molecule has 0 spiro atoms. The minimum Gasteiger partial charge on any atom is -0.312 e. The van der Waals surface area contributed by atoms with Crippen LogP contribution in [-0.2, 0) is 11.2 Å². The molecule has 2 aliphatic heterocycles. The second kappa shape index (κ2) is 6.46. The first-order chi connectivity index (χ1) is 13.0. The van der Waals surface area contributed by atoms with Crippen molar-refractivity contribution in [1.29, 1.82) is 0 Å². The number of carbonyl (C=O) groups excluding carboxylic acids is 4. The highest BCUT2D eigenvalue weighted by molar-refractivity contribution is 6.21. The highest BCUT2D eigenvalue weighted by Crippen LogP contribution is 2.30. The molecule has 2 aliphatic rings. The van der Waals surface area contributed by atoms with Crippen molar-refractivity contribution in [3.63, 3.8) is 0 Å². The molecule has 6 nitrogen and oxygen atoms in total. The summed E-state index contributed by atoms with van der Waals surface area (Å²) in [7, 11) is 0. The van der Waals surface area contributed by atoms with Crippen LogP contribution in [0.2, 0.25) is 0 Å². The predicted molar refractivity (Wildman–Crippen MR) is 98.9 cm³/mol. The molecule has 4 rings (SSSR count). The number of nitrogens with zero attached hydrogens (tertiary/aromatic N) is 2. The van der Waals surface area contributed by atoms with E-state index in [9.17, 15) is 19.2 Å². The number of hydrogen-bond acceptors (Lipinski definition) is 4. The molecule has 0 saturated carbocycles. The minimum atomic E-state index is -0.351. The van der Waals surface area contributed by atoms with Gasteiger partial charge in [-0.1, -0.05) is 12.1 Å². The Kier molecular flexibility index (Phi) is 4.11. The van der Waals surface area contributed by atoms with Gasteiger partial charge >= 0.3 is 0 Å². The first kappa shape index (κ1) is 17.1. The van der Waals surface area contributed by atoms with Gasteiger partial charge in [0.15, 0.2) is 5.78 Å². The van der Waals surface area contributed by atoms with Crippen LogP contribution in [0.5, 0.6) is 0 Å². The van der Waals surface area contributed by atoms with Crippen molar-refractivity contribution in [2.24, 2.45) is 0 Å². The van der Waals surface area contributed by atoms with E-state index >= 15 is 0 Å². The number of benzene rings is 2. The number of ketones is 1. The number of anilines is 1. The molecule has 0 aromatic heterocycles. The molecule has 0 fully saturated rings. The topological polar surface area (TPSA) is 74.8 Å². The zero-order valence-corrected chi connectivity index (χ0v) is 14.9. The molecule has 3 amide bonds. The third kappa shape index (κ3) is 2.83. The lowest BCUT2D eigenvalue weighted by atomic mass is 10.1. The van der Waals surface area contributed by atoms with Crippen molar-refractivity contribution in [2.45, 2.75) is 19.8 Å². The monoisotopic (exact) mass is 362 g/mol. The van der Waals surface area contributed by atoms with Crippen molar-refractivity contribution in [3.8, 4) is 0 Å². The fourth-order valence-electron chi connectivity index (χ4n) is 3.66. The van der Waals surface area contributed by atoms with Gasteiger partial charge in [-0.05, 0) is 49.2 Å². The Morgan fingerprint density at radius 3 is 2.30 bits per heavy atom. The summed E-state index contributed by atoms with van der Waals surface area (Å²) in [5.74, 6) is -0.846. The number of carbonyl (C=O) groups is 4. The number of imide groups is 1. The summed E-state index contributed by atoms with van der Waals surface area (Å²) >= 11 is 0. The minimum absolute atomic E-state index is 0.00630. The highest BCUT2D eigenvalue weighted by Gasteiger charge is 2.35. The van der Waals surface area contributed by atoms with Crippen LogP contribution in [0, 0.1) is 0 Å². The Balaban J connectivity index is 1.46. The quantitative estimate of drug-likeness (QED) is 0.619. The van der Waals surface area contributed by atoms with E-state index in [2.05, 4.69) is 0 Å². The van der Waals surface area contributed by atoms with Crippen molar-refractivity contribution in [2.75, 3.05) is 18.0 Å². The maximum atomic E-state index is 12.7. The Morgan fingerprint density at radius 1 is 1.00 bits per heavy atom. The van der Waals surface area contributed by atoms with E-state index in [0.29, 0.717) is 29.7 Å². The zero-order chi connectivity index (χ0) is 19.1. The normalized spacial score (nSPS) is 15.1. The van der Waals surface area contributed by atoms with Crippen molar-refractivity contribution in [1.82, 2.24) is 4.90 Å². The summed E-state index contributed by atoms with van der Waals surface area (Å²) in [6, 6.07) is 12.0. The molecule has 0 radical (unpaired) electrons. The molecule has 0 N–H and O–H groups in total. The first-order valence-corrected chi connectivity index (χ1v) is 8.87. The van der Waals surface area contributed by atoms with Crippen LogP contribution in [0.4, 0.5) is 5.69 Å². The van der Waals surface area contributed by atoms with E-state index in [1.165, 1.54) is 6.92 Å². The summed E-state index contributed by atoms with van der Waals surface area (Å²) in [5, 5.41) is 0. The van der Waals surface area contributed by atoms with Gasteiger partial charge in [-0.3, -0.25) is 24.1 Å². The molecule has 6 heteroatoms. The van der Waals surface area contributed by atoms with Gasteiger partial charge in [-0.15, -0.1) is 0 Å². The summed E-state index contributed by atoms with van der Waals surface area (Å²) in [4.78, 5) is 51.8. The number of fused-ring (bicyclic) bond motifs is 2. The van der Waals surface area contributed by atoms with E-state index in [0.717, 1.165) is 16.2 Å². The molecule has 2 aromatic carbocycles. The van der Waals surface area contributed by atoms with E-state index in [1.54, 1.807) is 41.3 Å². The fraction of sp³-hybridized carbons (Fsp3) is 0.238. The predicted octanol–water partition coefficient (Wildman–Crippen LogP) is 2.46. The zero-order valence-electron chi connectivity index (χ0n) is 14.9. The van der Waals surface area contributed by atoms with Gasteiger partial charge in [0, 0.05) is 30.8 Å². The van der Waals surface area contributed by atoms with Gasteiger partial charge in [0.1, 0.15) is 0 Å². The molecular formula is C21H18N2O4. The summed E-state index contributed by atoms with van der Waals surface area (Å²) in [6.45, 7) is 2.11. The molecular weight excluding hydrogens is 344 g/mol. The first-order valence-electron chi connectivity index (χ1n) is 8.87. The third-order valence-electron chi connectivity index (χ3n) is 5.11. The van der Waals surface area contributed by atoms with Crippen molar-refractivity contribution < 1.29 is 19.2 Å². The van der Waals surface area contributed by atoms with Crippen LogP contribution in [-0.4, -0.2) is 41.5 Å². The lowest BCUT2D eigenvalue weighted by Gasteiger charge is -2.19. The average molecular weight is 362 g/mol. The molecule has 2 heterocycles. The van der Waals surface area contributed by atoms with Crippen LogP contribution in [0.3, 0.4) is 0 Å². The van der Waals surface area contributed by atoms with Crippen LogP contribution in [0.15, 0.2) is 42.5 Å². The van der Waals surface area contributed by atoms with E-state index in [-0.39, 0.29) is 36.5 Å². The van der Waals surface area contributed by atoms with Crippen molar-refractivity contribution >= 4 is 29.2 Å². The molecule has 0 atom stereocenters. The second-order valence-corrected chi connectivity index (χ2v) is 6.75. The molecule has 136 valence electrons.